The fourth-order valence-electron chi connectivity index (χ4n) is 3.74. The number of ether oxygens (including phenoxy) is 1. The molecule has 0 fully saturated rings. The predicted molar refractivity (Wildman–Crippen MR) is 125 cm³/mol. The number of pyridine rings is 2. The Morgan fingerprint density at radius 3 is 2.76 bits per heavy atom. The summed E-state index contributed by atoms with van der Waals surface area (Å²) in [6.07, 6.45) is 5.50. The van der Waals surface area contributed by atoms with Crippen molar-refractivity contribution >= 4 is 11.9 Å². The molecule has 3 atom stereocenters. The maximum Gasteiger partial charge on any atom is 0.317 e. The minimum absolute atomic E-state index is 0.0980. The van der Waals surface area contributed by atoms with Crippen LogP contribution in [0.5, 0.6) is 5.88 Å². The van der Waals surface area contributed by atoms with Crippen molar-refractivity contribution in [2.45, 2.75) is 39.3 Å². The Bertz CT molecular complexity index is 955. The van der Waals surface area contributed by atoms with Crippen molar-refractivity contribution in [2.24, 2.45) is 5.92 Å². The molecule has 178 valence electrons. The van der Waals surface area contributed by atoms with Crippen molar-refractivity contribution in [3.63, 3.8) is 0 Å². The Morgan fingerprint density at radius 2 is 2.09 bits per heavy atom. The molecule has 2 aromatic heterocycles. The number of likely N-dealkylation sites (N-methyl/N-ethyl adjacent to an activating group) is 1. The molecule has 0 aliphatic carbocycles. The van der Waals surface area contributed by atoms with Gasteiger partial charge >= 0.3 is 6.03 Å². The van der Waals surface area contributed by atoms with Crippen LogP contribution in [0.4, 0.5) is 4.79 Å². The maximum atomic E-state index is 13.5. The molecule has 0 saturated carbocycles. The number of hydrogen-bond donors (Lipinski definition) is 2. The van der Waals surface area contributed by atoms with E-state index < -0.39 is 0 Å². The number of carbonyl (C=O) groups excluding carboxylic acids is 2. The van der Waals surface area contributed by atoms with Crippen LogP contribution in [-0.4, -0.2) is 82.2 Å². The second-order valence-corrected chi connectivity index (χ2v) is 8.55. The van der Waals surface area contributed by atoms with Gasteiger partial charge in [0.2, 0.25) is 5.88 Å². The molecule has 3 rings (SSSR count). The number of aliphatic hydroxyl groups is 1. The van der Waals surface area contributed by atoms with Gasteiger partial charge in [-0.2, -0.15) is 0 Å². The zero-order valence-electron chi connectivity index (χ0n) is 19.7. The molecular weight excluding hydrogens is 422 g/mol. The van der Waals surface area contributed by atoms with Crippen LogP contribution in [0.25, 0.3) is 11.1 Å². The van der Waals surface area contributed by atoms with Gasteiger partial charge in [0.25, 0.3) is 5.91 Å². The minimum Gasteiger partial charge on any atom is -0.472 e. The Kier molecular flexibility index (Phi) is 8.21. The number of amides is 3. The first-order valence-corrected chi connectivity index (χ1v) is 11.3. The number of nitrogens with one attached hydrogen (secondary N) is 1. The van der Waals surface area contributed by atoms with Gasteiger partial charge in [0.1, 0.15) is 11.7 Å². The summed E-state index contributed by atoms with van der Waals surface area (Å²) >= 11 is 0. The molecule has 3 heterocycles. The lowest BCUT2D eigenvalue weighted by Crippen LogP contribution is -2.51. The second-order valence-electron chi connectivity index (χ2n) is 8.55. The highest BCUT2D eigenvalue weighted by atomic mass is 16.5. The van der Waals surface area contributed by atoms with E-state index in [1.54, 1.807) is 41.5 Å². The molecular formula is C24H33N5O4. The Morgan fingerprint density at radius 1 is 1.36 bits per heavy atom. The monoisotopic (exact) mass is 455 g/mol. The molecule has 9 heteroatoms. The minimum atomic E-state index is -0.387. The van der Waals surface area contributed by atoms with Gasteiger partial charge < -0.3 is 25.0 Å². The van der Waals surface area contributed by atoms with Gasteiger partial charge in [0.15, 0.2) is 0 Å². The normalized spacial score (nSPS) is 19.1. The van der Waals surface area contributed by atoms with Gasteiger partial charge in [0.05, 0.1) is 19.2 Å². The maximum absolute atomic E-state index is 13.5. The molecule has 1 aliphatic heterocycles. The number of aromatic nitrogens is 2. The van der Waals surface area contributed by atoms with E-state index in [1.165, 1.54) is 0 Å². The molecule has 33 heavy (non-hydrogen) atoms. The summed E-state index contributed by atoms with van der Waals surface area (Å²) in [4.78, 5) is 37.6. The summed E-state index contributed by atoms with van der Waals surface area (Å²) in [6, 6.07) is 4.91. The Labute approximate surface area is 194 Å². The van der Waals surface area contributed by atoms with E-state index in [-0.39, 0.29) is 42.5 Å². The van der Waals surface area contributed by atoms with Gasteiger partial charge in [-0.15, -0.1) is 0 Å². The van der Waals surface area contributed by atoms with Gasteiger partial charge in [-0.1, -0.05) is 13.8 Å². The quantitative estimate of drug-likeness (QED) is 0.664. The third-order valence-corrected chi connectivity index (χ3v) is 5.86. The second kappa shape index (κ2) is 11.1. The molecule has 0 unspecified atom stereocenters. The standard InChI is InChI=1S/C24H33N5O4/c1-5-8-26-24(32)28(4)14-21-16(2)13-29(17(3)15-30)23(31)20-11-19(12-27-22(20)33-21)18-6-9-25-10-7-18/h6-7,9-12,16-17,21,30H,5,8,13-15H2,1-4H3,(H,26,32)/t16-,17+,21+/m0/s1. The predicted octanol–water partition coefficient (Wildman–Crippen LogP) is 2.42. The van der Waals surface area contributed by atoms with Crippen LogP contribution in [0.15, 0.2) is 36.8 Å². The zero-order chi connectivity index (χ0) is 24.0. The van der Waals surface area contributed by atoms with E-state index in [0.29, 0.717) is 25.2 Å². The van der Waals surface area contributed by atoms with Gasteiger partial charge in [-0.25, -0.2) is 9.78 Å². The van der Waals surface area contributed by atoms with E-state index in [9.17, 15) is 14.7 Å². The lowest BCUT2D eigenvalue weighted by atomic mass is 9.99. The molecule has 0 saturated heterocycles. The fraction of sp³-hybridized carbons (Fsp3) is 0.500. The Balaban J connectivity index is 1.96. The highest BCUT2D eigenvalue weighted by molar-refractivity contribution is 5.98. The van der Waals surface area contributed by atoms with Crippen molar-refractivity contribution in [1.29, 1.82) is 0 Å². The van der Waals surface area contributed by atoms with E-state index in [2.05, 4.69) is 15.3 Å². The number of nitrogens with zero attached hydrogens (tertiary/aromatic N) is 4. The largest absolute Gasteiger partial charge is 0.472 e. The van der Waals surface area contributed by atoms with Gasteiger partial charge in [0, 0.05) is 50.2 Å². The van der Waals surface area contributed by atoms with Crippen molar-refractivity contribution in [1.82, 2.24) is 25.1 Å². The number of carbonyl (C=O) groups is 2. The average Bonchev–Trinajstić information content (AvgIpc) is 2.84. The van der Waals surface area contributed by atoms with Crippen LogP contribution in [0.2, 0.25) is 0 Å². The topological polar surface area (TPSA) is 108 Å². The van der Waals surface area contributed by atoms with Crippen LogP contribution in [0, 0.1) is 5.92 Å². The van der Waals surface area contributed by atoms with Gasteiger partial charge in [-0.3, -0.25) is 9.78 Å². The summed E-state index contributed by atoms with van der Waals surface area (Å²) < 4.78 is 6.24. The van der Waals surface area contributed by atoms with E-state index in [4.69, 9.17) is 4.74 Å². The smallest absolute Gasteiger partial charge is 0.317 e. The van der Waals surface area contributed by atoms with E-state index >= 15 is 0 Å². The highest BCUT2D eigenvalue weighted by Crippen LogP contribution is 2.30. The molecule has 2 N–H and O–H groups in total. The first kappa shape index (κ1) is 24.4. The van der Waals surface area contributed by atoms with Gasteiger partial charge in [-0.05, 0) is 37.1 Å². The summed E-state index contributed by atoms with van der Waals surface area (Å²) in [5, 5.41) is 12.7. The van der Waals surface area contributed by atoms with Crippen LogP contribution in [-0.2, 0) is 0 Å². The zero-order valence-corrected chi connectivity index (χ0v) is 19.7. The molecule has 1 aliphatic rings. The number of fused-ring (bicyclic) bond motifs is 1. The highest BCUT2D eigenvalue weighted by Gasteiger charge is 2.34. The van der Waals surface area contributed by atoms with Crippen LogP contribution >= 0.6 is 0 Å². The number of hydrogen-bond acceptors (Lipinski definition) is 6. The average molecular weight is 456 g/mol. The summed E-state index contributed by atoms with van der Waals surface area (Å²) in [5.41, 5.74) is 1.99. The van der Waals surface area contributed by atoms with Crippen molar-refractivity contribution in [2.75, 3.05) is 33.3 Å². The SMILES string of the molecule is CCCNC(=O)N(C)C[C@H]1Oc2ncc(-c3ccncc3)cc2C(=O)N([C@H](C)CO)C[C@@H]1C. The van der Waals surface area contributed by atoms with Crippen molar-refractivity contribution < 1.29 is 19.4 Å². The van der Waals surface area contributed by atoms with Crippen LogP contribution in [0.3, 0.4) is 0 Å². The summed E-state index contributed by atoms with van der Waals surface area (Å²) in [6.45, 7) is 6.94. The first-order chi connectivity index (χ1) is 15.8. The number of aliphatic hydroxyl groups excluding tert-OH is 1. The molecule has 3 amide bonds. The molecule has 9 nitrogen and oxygen atoms in total. The first-order valence-electron chi connectivity index (χ1n) is 11.3. The third kappa shape index (κ3) is 5.78. The lowest BCUT2D eigenvalue weighted by molar-refractivity contribution is 0.0352. The summed E-state index contributed by atoms with van der Waals surface area (Å²) in [7, 11) is 1.72. The molecule has 2 aromatic rings. The van der Waals surface area contributed by atoms with Crippen LogP contribution < -0.4 is 10.1 Å². The number of rotatable bonds is 7. The van der Waals surface area contributed by atoms with Crippen molar-refractivity contribution in [3.05, 3.63) is 42.4 Å². The number of urea groups is 1. The Hall–Kier alpha value is -3.20. The van der Waals surface area contributed by atoms with E-state index in [1.807, 2.05) is 32.9 Å². The van der Waals surface area contributed by atoms with Crippen LogP contribution in [0.1, 0.15) is 37.6 Å². The van der Waals surface area contributed by atoms with Crippen molar-refractivity contribution in [3.8, 4) is 17.0 Å². The molecule has 0 spiro atoms. The lowest BCUT2D eigenvalue weighted by Gasteiger charge is -2.37. The fourth-order valence-corrected chi connectivity index (χ4v) is 3.74. The van der Waals surface area contributed by atoms with E-state index in [0.717, 1.165) is 17.5 Å². The molecule has 0 radical (unpaired) electrons. The summed E-state index contributed by atoms with van der Waals surface area (Å²) in [5.74, 6) is -0.111. The third-order valence-electron chi connectivity index (χ3n) is 5.86. The molecule has 0 aromatic carbocycles. The molecule has 0 bridgehead atoms.